The number of ether oxygens (including phenoxy) is 2. The normalized spacial score (nSPS) is 10.7. The lowest BCUT2D eigenvalue weighted by molar-refractivity contribution is -0.111. The summed E-state index contributed by atoms with van der Waals surface area (Å²) in [7, 11) is 1.60. The second kappa shape index (κ2) is 11.7. The van der Waals surface area contributed by atoms with E-state index in [2.05, 4.69) is 12.2 Å². The monoisotopic (exact) mass is 395 g/mol. The number of ketones is 1. The van der Waals surface area contributed by atoms with Crippen LogP contribution in [0.1, 0.15) is 55.5 Å². The van der Waals surface area contributed by atoms with E-state index >= 15 is 0 Å². The summed E-state index contributed by atoms with van der Waals surface area (Å²) < 4.78 is 11.2. The predicted octanol–water partition coefficient (Wildman–Crippen LogP) is 5.51. The molecule has 0 heterocycles. The van der Waals surface area contributed by atoms with Crippen molar-refractivity contribution < 1.29 is 19.1 Å². The van der Waals surface area contributed by atoms with Crippen LogP contribution in [0.4, 0.5) is 5.69 Å². The number of rotatable bonds is 11. The zero-order chi connectivity index (χ0) is 21.1. The Morgan fingerprint density at radius 2 is 1.76 bits per heavy atom. The second-order valence-corrected chi connectivity index (χ2v) is 6.78. The molecule has 1 amide bonds. The molecule has 0 unspecified atom stereocenters. The molecule has 0 aromatic heterocycles. The molecule has 5 nitrogen and oxygen atoms in total. The highest BCUT2D eigenvalue weighted by atomic mass is 16.5. The highest BCUT2D eigenvalue weighted by Gasteiger charge is 2.06. The average molecular weight is 395 g/mol. The molecule has 5 heteroatoms. The van der Waals surface area contributed by atoms with Gasteiger partial charge in [0.25, 0.3) is 0 Å². The molecular weight excluding hydrogens is 366 g/mol. The SMILES string of the molecule is CCCCCCOc1ccc(C=CC(=O)Nc2ccc(C(C)=O)cc2)cc1OC. The van der Waals surface area contributed by atoms with Crippen LogP contribution in [-0.2, 0) is 4.79 Å². The van der Waals surface area contributed by atoms with Crippen molar-refractivity contribution in [3.05, 3.63) is 59.7 Å². The molecule has 1 N–H and O–H groups in total. The van der Waals surface area contributed by atoms with Crippen LogP contribution in [0.25, 0.3) is 6.08 Å². The molecule has 2 rings (SSSR count). The number of amides is 1. The zero-order valence-corrected chi connectivity index (χ0v) is 17.4. The molecule has 0 aliphatic rings. The number of benzene rings is 2. The van der Waals surface area contributed by atoms with Gasteiger partial charge in [0.2, 0.25) is 5.91 Å². The average Bonchev–Trinajstić information content (AvgIpc) is 2.73. The van der Waals surface area contributed by atoms with E-state index in [-0.39, 0.29) is 11.7 Å². The Balaban J connectivity index is 1.93. The van der Waals surface area contributed by atoms with E-state index in [1.807, 2.05) is 18.2 Å². The van der Waals surface area contributed by atoms with Crippen LogP contribution in [0.5, 0.6) is 11.5 Å². The summed E-state index contributed by atoms with van der Waals surface area (Å²) in [5.41, 5.74) is 2.08. The number of hydrogen-bond donors (Lipinski definition) is 1. The smallest absolute Gasteiger partial charge is 0.248 e. The summed E-state index contributed by atoms with van der Waals surface area (Å²) in [5.74, 6) is 1.08. The third-order valence-electron chi connectivity index (χ3n) is 4.43. The molecule has 0 saturated carbocycles. The van der Waals surface area contributed by atoms with Crippen LogP contribution in [0.15, 0.2) is 48.5 Å². The van der Waals surface area contributed by atoms with Crippen molar-refractivity contribution >= 4 is 23.5 Å². The van der Waals surface area contributed by atoms with E-state index in [1.165, 1.54) is 25.8 Å². The Morgan fingerprint density at radius 3 is 2.41 bits per heavy atom. The maximum atomic E-state index is 12.1. The first kappa shape index (κ1) is 22.2. The van der Waals surface area contributed by atoms with Crippen molar-refractivity contribution in [2.24, 2.45) is 0 Å². The fraction of sp³-hybridized carbons (Fsp3) is 0.333. The van der Waals surface area contributed by atoms with Crippen LogP contribution < -0.4 is 14.8 Å². The lowest BCUT2D eigenvalue weighted by Crippen LogP contribution is -2.07. The van der Waals surface area contributed by atoms with Gasteiger partial charge in [0, 0.05) is 17.3 Å². The molecule has 2 aromatic carbocycles. The highest BCUT2D eigenvalue weighted by Crippen LogP contribution is 2.28. The summed E-state index contributed by atoms with van der Waals surface area (Å²) in [4.78, 5) is 23.4. The summed E-state index contributed by atoms with van der Waals surface area (Å²) in [6, 6.07) is 12.4. The van der Waals surface area contributed by atoms with Crippen LogP contribution in [0.3, 0.4) is 0 Å². The molecule has 0 spiro atoms. The van der Waals surface area contributed by atoms with Gasteiger partial charge < -0.3 is 14.8 Å². The number of methoxy groups -OCH3 is 1. The molecule has 0 aliphatic heterocycles. The molecule has 154 valence electrons. The Morgan fingerprint density at radius 1 is 1.00 bits per heavy atom. The van der Waals surface area contributed by atoms with E-state index in [0.717, 1.165) is 18.4 Å². The van der Waals surface area contributed by atoms with Crippen LogP contribution in [0.2, 0.25) is 0 Å². The third-order valence-corrected chi connectivity index (χ3v) is 4.43. The van der Waals surface area contributed by atoms with Gasteiger partial charge in [-0.1, -0.05) is 32.3 Å². The topological polar surface area (TPSA) is 64.6 Å². The second-order valence-electron chi connectivity index (χ2n) is 6.78. The van der Waals surface area contributed by atoms with Gasteiger partial charge in [-0.3, -0.25) is 9.59 Å². The Bertz CT molecular complexity index is 840. The maximum Gasteiger partial charge on any atom is 0.248 e. The van der Waals surface area contributed by atoms with Gasteiger partial charge >= 0.3 is 0 Å². The molecule has 29 heavy (non-hydrogen) atoms. The van der Waals surface area contributed by atoms with Gasteiger partial charge in [0.15, 0.2) is 17.3 Å². The van der Waals surface area contributed by atoms with Crippen molar-refractivity contribution in [2.45, 2.75) is 39.5 Å². The fourth-order valence-electron chi connectivity index (χ4n) is 2.76. The molecule has 0 aliphatic carbocycles. The number of Topliss-reactive ketones (excluding diaryl/α,β-unsaturated/α-hetero) is 1. The standard InChI is InChI=1S/C24H29NO4/c1-4-5-6-7-16-29-22-14-8-19(17-23(22)28-3)9-15-24(27)25-21-12-10-20(11-13-21)18(2)26/h8-15,17H,4-7,16H2,1-3H3,(H,25,27). The van der Waals surface area contributed by atoms with Gasteiger partial charge in [0.1, 0.15) is 0 Å². The lowest BCUT2D eigenvalue weighted by Gasteiger charge is -2.11. The van der Waals surface area contributed by atoms with Gasteiger partial charge in [0.05, 0.1) is 13.7 Å². The zero-order valence-electron chi connectivity index (χ0n) is 17.4. The van der Waals surface area contributed by atoms with Gasteiger partial charge in [-0.15, -0.1) is 0 Å². The van der Waals surface area contributed by atoms with E-state index in [9.17, 15) is 9.59 Å². The first-order valence-corrected chi connectivity index (χ1v) is 9.94. The van der Waals surface area contributed by atoms with E-state index in [1.54, 1.807) is 37.5 Å². The first-order valence-electron chi connectivity index (χ1n) is 9.94. The van der Waals surface area contributed by atoms with E-state index in [4.69, 9.17) is 9.47 Å². The van der Waals surface area contributed by atoms with Crippen molar-refractivity contribution in [3.63, 3.8) is 0 Å². The van der Waals surface area contributed by atoms with Crippen LogP contribution in [0, 0.1) is 0 Å². The first-order chi connectivity index (χ1) is 14.0. The van der Waals surface area contributed by atoms with Crippen molar-refractivity contribution in [1.82, 2.24) is 0 Å². The van der Waals surface area contributed by atoms with Crippen LogP contribution in [-0.4, -0.2) is 25.4 Å². The minimum atomic E-state index is -0.254. The molecule has 2 aromatic rings. The summed E-state index contributed by atoms with van der Waals surface area (Å²) >= 11 is 0. The third kappa shape index (κ3) is 7.45. The number of carbonyl (C=O) groups excluding carboxylic acids is 2. The number of hydrogen-bond acceptors (Lipinski definition) is 4. The lowest BCUT2D eigenvalue weighted by atomic mass is 10.1. The summed E-state index contributed by atoms with van der Waals surface area (Å²) in [6.07, 6.45) is 7.76. The van der Waals surface area contributed by atoms with E-state index in [0.29, 0.717) is 29.4 Å². The molecular formula is C24H29NO4. The Labute approximate surface area is 172 Å². The number of anilines is 1. The fourth-order valence-corrected chi connectivity index (χ4v) is 2.76. The maximum absolute atomic E-state index is 12.1. The number of unbranched alkanes of at least 4 members (excludes halogenated alkanes) is 3. The summed E-state index contributed by atoms with van der Waals surface area (Å²) in [5, 5.41) is 2.77. The highest BCUT2D eigenvalue weighted by molar-refractivity contribution is 6.02. The Kier molecular flexibility index (Phi) is 8.96. The van der Waals surface area contributed by atoms with E-state index < -0.39 is 0 Å². The van der Waals surface area contributed by atoms with Gasteiger partial charge in [-0.05, 0) is 61.4 Å². The van der Waals surface area contributed by atoms with Crippen molar-refractivity contribution in [3.8, 4) is 11.5 Å². The quantitative estimate of drug-likeness (QED) is 0.310. The summed E-state index contributed by atoms with van der Waals surface area (Å²) in [6.45, 7) is 4.35. The minimum Gasteiger partial charge on any atom is -0.493 e. The number of nitrogens with one attached hydrogen (secondary N) is 1. The number of carbonyl (C=O) groups is 2. The largest absolute Gasteiger partial charge is 0.493 e. The van der Waals surface area contributed by atoms with Crippen molar-refractivity contribution in [2.75, 3.05) is 19.0 Å². The molecule has 0 radical (unpaired) electrons. The minimum absolute atomic E-state index is 0.00916. The predicted molar refractivity (Wildman–Crippen MR) is 117 cm³/mol. The molecule has 0 saturated heterocycles. The van der Waals surface area contributed by atoms with Crippen molar-refractivity contribution in [1.29, 1.82) is 0 Å². The molecule has 0 fully saturated rings. The van der Waals surface area contributed by atoms with Crippen LogP contribution >= 0.6 is 0 Å². The molecule has 0 bridgehead atoms. The van der Waals surface area contributed by atoms with Gasteiger partial charge in [-0.25, -0.2) is 0 Å². The Hall–Kier alpha value is -3.08. The van der Waals surface area contributed by atoms with Gasteiger partial charge in [-0.2, -0.15) is 0 Å². The molecule has 0 atom stereocenters.